The van der Waals surface area contributed by atoms with Crippen LogP contribution in [0.4, 0.5) is 13.2 Å². The summed E-state index contributed by atoms with van der Waals surface area (Å²) in [4.78, 5) is 3.85. The zero-order valence-electron chi connectivity index (χ0n) is 10.3. The molecule has 7 heteroatoms. The third-order valence-corrected chi connectivity index (χ3v) is 3.48. The van der Waals surface area contributed by atoms with Crippen LogP contribution in [0.2, 0.25) is 0 Å². The second-order valence-corrected chi connectivity index (χ2v) is 5.03. The summed E-state index contributed by atoms with van der Waals surface area (Å²) >= 11 is 1.01. The minimum atomic E-state index is -4.44. The van der Waals surface area contributed by atoms with Crippen molar-refractivity contribution in [2.75, 3.05) is 6.54 Å². The number of nitrogens with zero attached hydrogens (tertiary/aromatic N) is 1. The van der Waals surface area contributed by atoms with Crippen molar-refractivity contribution in [3.05, 3.63) is 29.0 Å². The Morgan fingerprint density at radius 1 is 1.42 bits per heavy atom. The zero-order valence-corrected chi connectivity index (χ0v) is 11.1. The Morgan fingerprint density at radius 2 is 2.21 bits per heavy atom. The quantitative estimate of drug-likeness (QED) is 0.848. The summed E-state index contributed by atoms with van der Waals surface area (Å²) in [7, 11) is 0. The Balaban J connectivity index is 2.29. The molecule has 2 rings (SSSR count). The van der Waals surface area contributed by atoms with E-state index in [0.29, 0.717) is 12.3 Å². The van der Waals surface area contributed by atoms with E-state index in [1.54, 1.807) is 12.1 Å². The first kappa shape index (κ1) is 14.1. The fourth-order valence-corrected chi connectivity index (χ4v) is 2.60. The number of rotatable bonds is 5. The van der Waals surface area contributed by atoms with E-state index in [9.17, 15) is 13.2 Å². The lowest BCUT2D eigenvalue weighted by Crippen LogP contribution is -2.17. The molecule has 2 aromatic heterocycles. The standard InChI is InChI=1S/C12H13F3N2OS/c1-2-5-16-7-9-10(12(13,14)15)17-11(19-9)8-4-3-6-18-8/h3-4,6,16H,2,5,7H2,1H3. The molecule has 0 spiro atoms. The van der Waals surface area contributed by atoms with E-state index in [1.165, 1.54) is 6.26 Å². The van der Waals surface area contributed by atoms with E-state index < -0.39 is 11.9 Å². The summed E-state index contributed by atoms with van der Waals surface area (Å²) in [6.07, 6.45) is -2.16. The highest BCUT2D eigenvalue weighted by Gasteiger charge is 2.37. The molecule has 0 radical (unpaired) electrons. The summed E-state index contributed by atoms with van der Waals surface area (Å²) < 4.78 is 43.8. The first-order chi connectivity index (χ1) is 9.02. The van der Waals surface area contributed by atoms with E-state index in [0.717, 1.165) is 17.8 Å². The minimum absolute atomic E-state index is 0.168. The predicted molar refractivity (Wildman–Crippen MR) is 66.8 cm³/mol. The van der Waals surface area contributed by atoms with Crippen molar-refractivity contribution in [1.82, 2.24) is 10.3 Å². The number of halogens is 3. The third-order valence-electron chi connectivity index (χ3n) is 2.41. The van der Waals surface area contributed by atoms with Crippen LogP contribution in [0.25, 0.3) is 10.8 Å². The Morgan fingerprint density at radius 3 is 2.79 bits per heavy atom. The summed E-state index contributed by atoms with van der Waals surface area (Å²) in [5.41, 5.74) is -0.826. The van der Waals surface area contributed by atoms with Crippen molar-refractivity contribution < 1.29 is 17.6 Å². The molecule has 2 aromatic rings. The molecule has 0 aromatic carbocycles. The minimum Gasteiger partial charge on any atom is -0.462 e. The molecule has 1 N–H and O–H groups in total. The van der Waals surface area contributed by atoms with Crippen LogP contribution >= 0.6 is 11.3 Å². The van der Waals surface area contributed by atoms with E-state index in [4.69, 9.17) is 4.42 Å². The van der Waals surface area contributed by atoms with Crippen LogP contribution < -0.4 is 5.32 Å². The van der Waals surface area contributed by atoms with Crippen LogP contribution in [-0.2, 0) is 12.7 Å². The van der Waals surface area contributed by atoms with E-state index in [1.807, 2.05) is 6.92 Å². The molecular formula is C12H13F3N2OS. The summed E-state index contributed by atoms with van der Waals surface area (Å²) in [6, 6.07) is 3.22. The normalized spacial score (nSPS) is 12.0. The summed E-state index contributed by atoms with van der Waals surface area (Å²) in [6.45, 7) is 2.80. The van der Waals surface area contributed by atoms with Crippen LogP contribution in [0.3, 0.4) is 0 Å². The SMILES string of the molecule is CCCNCc1sc(-c2ccco2)nc1C(F)(F)F. The van der Waals surface area contributed by atoms with Gasteiger partial charge < -0.3 is 9.73 Å². The smallest absolute Gasteiger partial charge is 0.434 e. The largest absolute Gasteiger partial charge is 0.462 e. The van der Waals surface area contributed by atoms with E-state index in [-0.39, 0.29) is 16.4 Å². The first-order valence-electron chi connectivity index (χ1n) is 5.84. The highest BCUT2D eigenvalue weighted by atomic mass is 32.1. The highest BCUT2D eigenvalue weighted by molar-refractivity contribution is 7.15. The fraction of sp³-hybridized carbons (Fsp3) is 0.417. The maximum absolute atomic E-state index is 12.9. The Kier molecular flexibility index (Phi) is 4.26. The second kappa shape index (κ2) is 5.75. The molecule has 0 amide bonds. The van der Waals surface area contributed by atoms with Crippen LogP contribution in [0.15, 0.2) is 22.8 Å². The number of nitrogens with one attached hydrogen (secondary N) is 1. The molecule has 0 bridgehead atoms. The number of alkyl halides is 3. The van der Waals surface area contributed by atoms with Crippen molar-refractivity contribution in [2.24, 2.45) is 0 Å². The van der Waals surface area contributed by atoms with Crippen LogP contribution in [0.1, 0.15) is 23.9 Å². The average molecular weight is 290 g/mol. The topological polar surface area (TPSA) is 38.1 Å². The number of hydrogen-bond donors (Lipinski definition) is 1. The lowest BCUT2D eigenvalue weighted by Gasteiger charge is -2.06. The van der Waals surface area contributed by atoms with Gasteiger partial charge in [-0.1, -0.05) is 6.92 Å². The van der Waals surface area contributed by atoms with E-state index in [2.05, 4.69) is 10.3 Å². The van der Waals surface area contributed by atoms with Gasteiger partial charge in [0, 0.05) is 6.54 Å². The van der Waals surface area contributed by atoms with Crippen molar-refractivity contribution in [3.63, 3.8) is 0 Å². The number of hydrogen-bond acceptors (Lipinski definition) is 4. The van der Waals surface area contributed by atoms with Crippen LogP contribution in [0, 0.1) is 0 Å². The van der Waals surface area contributed by atoms with Gasteiger partial charge in [-0.05, 0) is 25.1 Å². The van der Waals surface area contributed by atoms with Gasteiger partial charge >= 0.3 is 6.18 Å². The maximum atomic E-state index is 12.9. The lowest BCUT2D eigenvalue weighted by atomic mass is 10.3. The average Bonchev–Trinajstić information content (AvgIpc) is 2.96. The Hall–Kier alpha value is -1.34. The second-order valence-electron chi connectivity index (χ2n) is 3.94. The molecule has 0 saturated heterocycles. The molecule has 2 heterocycles. The number of furan rings is 1. The third kappa shape index (κ3) is 3.36. The molecule has 104 valence electrons. The van der Waals surface area contributed by atoms with Crippen molar-refractivity contribution in [2.45, 2.75) is 26.1 Å². The fourth-order valence-electron chi connectivity index (χ4n) is 1.58. The molecular weight excluding hydrogens is 277 g/mol. The summed E-state index contributed by atoms with van der Waals surface area (Å²) in [5, 5.41) is 3.22. The van der Waals surface area contributed by atoms with Crippen molar-refractivity contribution in [3.8, 4) is 10.8 Å². The predicted octanol–water partition coefficient (Wildman–Crippen LogP) is 3.92. The Labute approximate surface area is 112 Å². The molecule has 19 heavy (non-hydrogen) atoms. The van der Waals surface area contributed by atoms with Crippen LogP contribution in [-0.4, -0.2) is 11.5 Å². The molecule has 3 nitrogen and oxygen atoms in total. The van der Waals surface area contributed by atoms with Gasteiger partial charge in [-0.2, -0.15) is 13.2 Å². The zero-order chi connectivity index (χ0) is 13.9. The molecule has 0 atom stereocenters. The maximum Gasteiger partial charge on any atom is 0.434 e. The Bertz CT molecular complexity index is 520. The van der Waals surface area contributed by atoms with Gasteiger partial charge in [0.05, 0.1) is 11.1 Å². The van der Waals surface area contributed by atoms with Gasteiger partial charge in [-0.15, -0.1) is 11.3 Å². The van der Waals surface area contributed by atoms with Gasteiger partial charge in [-0.25, -0.2) is 4.98 Å². The van der Waals surface area contributed by atoms with Crippen molar-refractivity contribution >= 4 is 11.3 Å². The monoisotopic (exact) mass is 290 g/mol. The summed E-state index contributed by atoms with van der Waals surface area (Å²) in [5.74, 6) is 0.359. The van der Waals surface area contributed by atoms with Gasteiger partial charge in [0.15, 0.2) is 16.5 Å². The van der Waals surface area contributed by atoms with Gasteiger partial charge in [0.25, 0.3) is 0 Å². The molecule has 0 fully saturated rings. The van der Waals surface area contributed by atoms with E-state index >= 15 is 0 Å². The molecule has 0 saturated carbocycles. The van der Waals surface area contributed by atoms with Gasteiger partial charge in [-0.3, -0.25) is 0 Å². The first-order valence-corrected chi connectivity index (χ1v) is 6.65. The lowest BCUT2D eigenvalue weighted by molar-refractivity contribution is -0.141. The van der Waals surface area contributed by atoms with Gasteiger partial charge in [0.2, 0.25) is 0 Å². The number of aromatic nitrogens is 1. The molecule has 0 unspecified atom stereocenters. The highest BCUT2D eigenvalue weighted by Crippen LogP contribution is 2.37. The number of thiazole rings is 1. The molecule has 0 aliphatic carbocycles. The van der Waals surface area contributed by atoms with Crippen molar-refractivity contribution in [1.29, 1.82) is 0 Å². The molecule has 0 aliphatic heterocycles. The van der Waals surface area contributed by atoms with Crippen LogP contribution in [0.5, 0.6) is 0 Å². The van der Waals surface area contributed by atoms with Gasteiger partial charge in [0.1, 0.15) is 0 Å². The molecule has 0 aliphatic rings.